The molecule has 5 nitrogen and oxygen atoms in total. The fourth-order valence-electron chi connectivity index (χ4n) is 1.64. The van der Waals surface area contributed by atoms with Crippen molar-refractivity contribution in [2.45, 2.75) is 19.8 Å². The number of carboxylic acid groups (broad SMARTS) is 1. The number of aromatic carboxylic acids is 1. The number of benzene rings is 1. The average Bonchev–Trinajstić information content (AvgIpc) is 2.74. The van der Waals surface area contributed by atoms with Gasteiger partial charge in [-0.2, -0.15) is 0 Å². The average molecular weight is 266 g/mol. The molecule has 2 aromatic rings. The summed E-state index contributed by atoms with van der Waals surface area (Å²) in [6.07, 6.45) is 1.49. The van der Waals surface area contributed by atoms with Crippen LogP contribution in [0.1, 0.15) is 29.8 Å². The maximum absolute atomic E-state index is 10.9. The summed E-state index contributed by atoms with van der Waals surface area (Å²) >= 11 is 6.08. The van der Waals surface area contributed by atoms with Crippen molar-refractivity contribution in [1.82, 2.24) is 14.8 Å². The summed E-state index contributed by atoms with van der Waals surface area (Å²) in [7, 11) is 0. The van der Waals surface area contributed by atoms with E-state index in [2.05, 4.69) is 10.1 Å². The summed E-state index contributed by atoms with van der Waals surface area (Å²) in [5.74, 6) is -0.750. The number of aryl methyl sites for hydroxylation is 1. The highest BCUT2D eigenvalue weighted by atomic mass is 35.5. The zero-order valence-electron chi connectivity index (χ0n) is 9.80. The molecule has 0 fully saturated rings. The molecule has 2 rings (SSSR count). The van der Waals surface area contributed by atoms with E-state index in [4.69, 9.17) is 16.7 Å². The van der Waals surface area contributed by atoms with Crippen molar-refractivity contribution in [1.29, 1.82) is 0 Å². The maximum atomic E-state index is 10.9. The highest BCUT2D eigenvalue weighted by Gasteiger charge is 2.17. The van der Waals surface area contributed by atoms with Gasteiger partial charge in [0.05, 0.1) is 10.7 Å². The van der Waals surface area contributed by atoms with Gasteiger partial charge in [0.15, 0.2) is 0 Å². The van der Waals surface area contributed by atoms with Crippen LogP contribution < -0.4 is 0 Å². The fraction of sp³-hybridized carbons (Fsp3) is 0.250. The second kappa shape index (κ2) is 5.18. The predicted molar refractivity (Wildman–Crippen MR) is 67.3 cm³/mol. The predicted octanol–water partition coefficient (Wildman–Crippen LogP) is 2.57. The van der Waals surface area contributed by atoms with E-state index >= 15 is 0 Å². The van der Waals surface area contributed by atoms with Gasteiger partial charge in [-0.05, 0) is 18.6 Å². The van der Waals surface area contributed by atoms with E-state index in [-0.39, 0.29) is 5.82 Å². The van der Waals surface area contributed by atoms with Crippen LogP contribution in [0.25, 0.3) is 5.69 Å². The molecule has 0 spiro atoms. The van der Waals surface area contributed by atoms with E-state index in [1.165, 1.54) is 4.68 Å². The molecule has 0 saturated carbocycles. The monoisotopic (exact) mass is 265 g/mol. The molecule has 18 heavy (non-hydrogen) atoms. The van der Waals surface area contributed by atoms with Crippen LogP contribution in [0.5, 0.6) is 0 Å². The molecule has 0 unspecified atom stereocenters. The lowest BCUT2D eigenvalue weighted by molar-refractivity contribution is 0.0683. The largest absolute Gasteiger partial charge is 0.475 e. The second-order valence-electron chi connectivity index (χ2n) is 3.77. The first kappa shape index (κ1) is 12.6. The molecule has 94 valence electrons. The minimum atomic E-state index is -1.14. The van der Waals surface area contributed by atoms with Gasteiger partial charge in [0.1, 0.15) is 5.82 Å². The molecular weight excluding hydrogens is 254 g/mol. The Labute approximate surface area is 109 Å². The number of rotatable bonds is 4. The van der Waals surface area contributed by atoms with Crippen LogP contribution in [-0.2, 0) is 6.42 Å². The minimum absolute atomic E-state index is 0.210. The minimum Gasteiger partial charge on any atom is -0.475 e. The van der Waals surface area contributed by atoms with Gasteiger partial charge in [-0.3, -0.25) is 0 Å². The van der Waals surface area contributed by atoms with E-state index in [1.807, 2.05) is 13.0 Å². The van der Waals surface area contributed by atoms with Gasteiger partial charge in [0.2, 0.25) is 0 Å². The van der Waals surface area contributed by atoms with Crippen LogP contribution in [0.3, 0.4) is 0 Å². The highest BCUT2D eigenvalue weighted by molar-refractivity contribution is 6.32. The number of halogens is 1. The number of hydrogen-bond acceptors (Lipinski definition) is 3. The lowest BCUT2D eigenvalue weighted by Gasteiger charge is -2.06. The molecule has 1 aromatic heterocycles. The molecule has 0 amide bonds. The third-order valence-corrected chi connectivity index (χ3v) is 2.74. The maximum Gasteiger partial charge on any atom is 0.375 e. The van der Waals surface area contributed by atoms with Gasteiger partial charge in [0, 0.05) is 6.42 Å². The Morgan fingerprint density at radius 2 is 2.17 bits per heavy atom. The Kier molecular flexibility index (Phi) is 3.62. The normalized spacial score (nSPS) is 10.6. The Hall–Kier alpha value is -1.88. The van der Waals surface area contributed by atoms with Crippen molar-refractivity contribution >= 4 is 17.6 Å². The molecule has 0 bridgehead atoms. The standard InChI is InChI=1S/C12H12ClN3O2/c1-2-5-10-14-11(12(17)18)15-16(10)9-7-4-3-6-8(9)13/h3-4,6-7H,2,5H2,1H3,(H,17,18). The third kappa shape index (κ3) is 2.36. The van der Waals surface area contributed by atoms with Gasteiger partial charge < -0.3 is 5.11 Å². The number of nitrogens with zero attached hydrogens (tertiary/aromatic N) is 3. The molecule has 1 aromatic carbocycles. The zero-order valence-corrected chi connectivity index (χ0v) is 10.6. The smallest absolute Gasteiger partial charge is 0.375 e. The summed E-state index contributed by atoms with van der Waals surface area (Å²) in [6, 6.07) is 7.13. The molecule has 1 N–H and O–H groups in total. The molecule has 0 aliphatic heterocycles. The summed E-state index contributed by atoms with van der Waals surface area (Å²) in [5.41, 5.74) is 0.641. The third-order valence-electron chi connectivity index (χ3n) is 2.42. The van der Waals surface area contributed by atoms with E-state index in [1.54, 1.807) is 18.2 Å². The van der Waals surface area contributed by atoms with Crippen molar-refractivity contribution in [3.05, 3.63) is 40.9 Å². The summed E-state index contributed by atoms with van der Waals surface area (Å²) in [5, 5.41) is 13.4. The van der Waals surface area contributed by atoms with Gasteiger partial charge in [-0.25, -0.2) is 14.5 Å². The Balaban J connectivity index is 2.55. The number of para-hydroxylation sites is 1. The lowest BCUT2D eigenvalue weighted by atomic mass is 10.3. The van der Waals surface area contributed by atoms with Gasteiger partial charge in [-0.1, -0.05) is 30.7 Å². The van der Waals surface area contributed by atoms with Gasteiger partial charge in [-0.15, -0.1) is 5.10 Å². The first-order chi connectivity index (χ1) is 8.63. The van der Waals surface area contributed by atoms with E-state index < -0.39 is 5.97 Å². The summed E-state index contributed by atoms with van der Waals surface area (Å²) in [4.78, 5) is 14.9. The molecular formula is C12H12ClN3O2. The first-order valence-corrected chi connectivity index (χ1v) is 5.95. The molecule has 0 radical (unpaired) electrons. The van der Waals surface area contributed by atoms with E-state index in [9.17, 15) is 4.79 Å². The zero-order chi connectivity index (χ0) is 13.1. The van der Waals surface area contributed by atoms with E-state index in [0.29, 0.717) is 23.0 Å². The van der Waals surface area contributed by atoms with Crippen LogP contribution in [0.4, 0.5) is 0 Å². The number of carboxylic acids is 1. The van der Waals surface area contributed by atoms with Crippen molar-refractivity contribution in [2.24, 2.45) is 0 Å². The Morgan fingerprint density at radius 3 is 2.78 bits per heavy atom. The van der Waals surface area contributed by atoms with Crippen LogP contribution in [-0.4, -0.2) is 25.8 Å². The molecule has 1 heterocycles. The molecule has 6 heteroatoms. The molecule has 0 aliphatic carbocycles. The summed E-state index contributed by atoms with van der Waals surface area (Å²) in [6.45, 7) is 1.99. The second-order valence-corrected chi connectivity index (χ2v) is 4.18. The van der Waals surface area contributed by atoms with Crippen LogP contribution in [0.15, 0.2) is 24.3 Å². The van der Waals surface area contributed by atoms with Gasteiger partial charge in [0.25, 0.3) is 5.82 Å². The number of aromatic nitrogens is 3. The summed E-state index contributed by atoms with van der Waals surface area (Å²) < 4.78 is 1.50. The van der Waals surface area contributed by atoms with Crippen LogP contribution in [0, 0.1) is 0 Å². The lowest BCUT2D eigenvalue weighted by Crippen LogP contribution is -2.04. The quantitative estimate of drug-likeness (QED) is 0.922. The van der Waals surface area contributed by atoms with Gasteiger partial charge >= 0.3 is 5.97 Å². The Bertz CT molecular complexity index is 580. The molecule has 0 atom stereocenters. The molecule has 0 saturated heterocycles. The van der Waals surface area contributed by atoms with Crippen molar-refractivity contribution in [2.75, 3.05) is 0 Å². The van der Waals surface area contributed by atoms with Crippen LogP contribution >= 0.6 is 11.6 Å². The number of carbonyl (C=O) groups is 1. The Morgan fingerprint density at radius 1 is 1.44 bits per heavy atom. The van der Waals surface area contributed by atoms with Crippen LogP contribution in [0.2, 0.25) is 5.02 Å². The molecule has 0 aliphatic rings. The van der Waals surface area contributed by atoms with Crippen molar-refractivity contribution in [3.8, 4) is 5.69 Å². The highest BCUT2D eigenvalue weighted by Crippen LogP contribution is 2.20. The van der Waals surface area contributed by atoms with Crippen molar-refractivity contribution in [3.63, 3.8) is 0 Å². The SMILES string of the molecule is CCCc1nc(C(=O)O)nn1-c1ccccc1Cl. The first-order valence-electron chi connectivity index (χ1n) is 5.57. The van der Waals surface area contributed by atoms with Crippen molar-refractivity contribution < 1.29 is 9.90 Å². The fourth-order valence-corrected chi connectivity index (χ4v) is 1.85. The topological polar surface area (TPSA) is 68.0 Å². The number of hydrogen-bond donors (Lipinski definition) is 1. The van der Waals surface area contributed by atoms with E-state index in [0.717, 1.165) is 6.42 Å².